The Kier molecular flexibility index (Phi) is 4.86. The second-order valence-electron chi connectivity index (χ2n) is 5.94. The molecule has 5 heteroatoms. The molecule has 1 saturated heterocycles. The van der Waals surface area contributed by atoms with E-state index < -0.39 is 0 Å². The molecule has 3 heterocycles. The zero-order chi connectivity index (χ0) is 16.2. The summed E-state index contributed by atoms with van der Waals surface area (Å²) < 4.78 is 0. The topological polar surface area (TPSA) is 50.3 Å². The lowest BCUT2D eigenvalue weighted by Gasteiger charge is -2.36. The van der Waals surface area contributed by atoms with Crippen molar-refractivity contribution >= 4 is 23.0 Å². The minimum Gasteiger partial charge on any atom is -0.335 e. The van der Waals surface area contributed by atoms with E-state index in [1.54, 1.807) is 13.1 Å². The van der Waals surface area contributed by atoms with Gasteiger partial charge >= 0.3 is 0 Å². The number of pyridine rings is 1. The smallest absolute Gasteiger partial charge is 0.227 e. The van der Waals surface area contributed by atoms with Crippen LogP contribution in [0.2, 0.25) is 0 Å². The third-order valence-electron chi connectivity index (χ3n) is 4.25. The van der Waals surface area contributed by atoms with Crippen LogP contribution in [-0.2, 0) is 11.2 Å². The van der Waals surface area contributed by atoms with Gasteiger partial charge in [0.15, 0.2) is 5.78 Å². The summed E-state index contributed by atoms with van der Waals surface area (Å²) in [4.78, 5) is 31.0. The van der Waals surface area contributed by atoms with E-state index >= 15 is 0 Å². The lowest BCUT2D eigenvalue weighted by atomic mass is 9.95. The monoisotopic (exact) mass is 328 g/mol. The van der Waals surface area contributed by atoms with Crippen LogP contribution >= 0.6 is 11.3 Å². The summed E-state index contributed by atoms with van der Waals surface area (Å²) in [5.41, 5.74) is 2.04. The minimum atomic E-state index is 0.0555. The molecule has 23 heavy (non-hydrogen) atoms. The highest BCUT2D eigenvalue weighted by Gasteiger charge is 2.28. The van der Waals surface area contributed by atoms with Crippen LogP contribution in [0.5, 0.6) is 0 Å². The summed E-state index contributed by atoms with van der Waals surface area (Å²) in [6.45, 7) is 2.35. The Balaban J connectivity index is 1.74. The number of likely N-dealkylation sites (tertiary alicyclic amines) is 1. The van der Waals surface area contributed by atoms with Gasteiger partial charge in [0.25, 0.3) is 0 Å². The van der Waals surface area contributed by atoms with Gasteiger partial charge in [0.2, 0.25) is 5.91 Å². The number of ketones is 1. The van der Waals surface area contributed by atoms with Crippen LogP contribution in [0.25, 0.3) is 0 Å². The van der Waals surface area contributed by atoms with Crippen LogP contribution in [-0.4, -0.2) is 28.1 Å². The molecule has 0 N–H and O–H groups in total. The summed E-state index contributed by atoms with van der Waals surface area (Å²) in [5, 5.41) is 1.91. The summed E-state index contributed by atoms with van der Waals surface area (Å²) in [5.74, 6) is 0.186. The van der Waals surface area contributed by atoms with Gasteiger partial charge in [-0.15, -0.1) is 11.3 Å². The molecule has 3 rings (SSSR count). The fourth-order valence-electron chi connectivity index (χ4n) is 3.08. The van der Waals surface area contributed by atoms with E-state index in [1.807, 2.05) is 34.7 Å². The van der Waals surface area contributed by atoms with Gasteiger partial charge in [-0.25, -0.2) is 0 Å². The van der Waals surface area contributed by atoms with Gasteiger partial charge in [-0.05, 0) is 54.8 Å². The van der Waals surface area contributed by atoms with Crippen molar-refractivity contribution in [3.05, 3.63) is 52.0 Å². The number of carbonyl (C=O) groups excluding carboxylic acids is 2. The maximum atomic E-state index is 12.8. The number of nitrogens with zero attached hydrogens (tertiary/aromatic N) is 2. The van der Waals surface area contributed by atoms with E-state index in [1.165, 1.54) is 11.3 Å². The van der Waals surface area contributed by atoms with Crippen LogP contribution in [0.4, 0.5) is 0 Å². The van der Waals surface area contributed by atoms with Gasteiger partial charge in [0.05, 0.1) is 17.3 Å². The van der Waals surface area contributed by atoms with E-state index in [2.05, 4.69) is 4.98 Å². The molecule has 2 aromatic rings. The molecule has 1 atom stereocenters. The lowest BCUT2D eigenvalue weighted by Crippen LogP contribution is -2.39. The zero-order valence-electron chi connectivity index (χ0n) is 13.2. The molecule has 0 spiro atoms. The van der Waals surface area contributed by atoms with Gasteiger partial charge in [0.1, 0.15) is 0 Å². The number of thiophene rings is 1. The molecule has 0 saturated carbocycles. The van der Waals surface area contributed by atoms with Crippen molar-refractivity contribution in [2.45, 2.75) is 38.6 Å². The molecular formula is C18H20N2O2S. The molecule has 1 aliphatic rings. The molecule has 0 unspecified atom stereocenters. The SMILES string of the molecule is CC(=O)c1cc(CC(=O)N2CCCC[C@@H]2c2cccnc2)cs1. The Morgan fingerprint density at radius 2 is 2.26 bits per heavy atom. The Bertz CT molecular complexity index is 696. The third-order valence-corrected chi connectivity index (χ3v) is 5.33. The number of aromatic nitrogens is 1. The standard InChI is InChI=1S/C18H20N2O2S/c1-13(21)17-9-14(12-23-17)10-18(22)20-8-3-2-6-16(20)15-5-4-7-19-11-15/h4-5,7,9,11-12,16H,2-3,6,8,10H2,1H3/t16-/m1/s1. The molecule has 2 aromatic heterocycles. The van der Waals surface area contributed by atoms with Crippen molar-refractivity contribution in [2.24, 2.45) is 0 Å². The fraction of sp³-hybridized carbons (Fsp3) is 0.389. The number of rotatable bonds is 4. The number of Topliss-reactive ketones (excluding diaryl/α,β-unsaturated/α-hetero) is 1. The van der Waals surface area contributed by atoms with Crippen molar-refractivity contribution in [3.63, 3.8) is 0 Å². The molecule has 0 radical (unpaired) electrons. The van der Waals surface area contributed by atoms with Crippen LogP contribution < -0.4 is 0 Å². The highest BCUT2D eigenvalue weighted by Crippen LogP contribution is 2.31. The van der Waals surface area contributed by atoms with E-state index in [0.717, 1.165) is 41.8 Å². The molecular weight excluding hydrogens is 308 g/mol. The quantitative estimate of drug-likeness (QED) is 0.805. The molecule has 1 aliphatic heterocycles. The van der Waals surface area contributed by atoms with Crippen molar-refractivity contribution in [2.75, 3.05) is 6.54 Å². The average Bonchev–Trinajstić information content (AvgIpc) is 3.04. The van der Waals surface area contributed by atoms with Crippen molar-refractivity contribution < 1.29 is 9.59 Å². The second kappa shape index (κ2) is 7.04. The summed E-state index contributed by atoms with van der Waals surface area (Å²) in [6, 6.07) is 5.93. The predicted octanol–water partition coefficient (Wildman–Crippen LogP) is 3.64. The van der Waals surface area contributed by atoms with Crippen molar-refractivity contribution in [3.8, 4) is 0 Å². The van der Waals surface area contributed by atoms with Gasteiger partial charge in [-0.2, -0.15) is 0 Å². The number of hydrogen-bond acceptors (Lipinski definition) is 4. The van der Waals surface area contributed by atoms with Crippen molar-refractivity contribution in [1.82, 2.24) is 9.88 Å². The van der Waals surface area contributed by atoms with Crippen LogP contribution in [0.3, 0.4) is 0 Å². The molecule has 0 aromatic carbocycles. The molecule has 1 fully saturated rings. The van der Waals surface area contributed by atoms with Gasteiger partial charge in [-0.3, -0.25) is 14.6 Å². The van der Waals surface area contributed by atoms with Gasteiger partial charge < -0.3 is 4.90 Å². The Labute approximate surface area is 140 Å². The largest absolute Gasteiger partial charge is 0.335 e. The minimum absolute atomic E-state index is 0.0555. The molecule has 0 aliphatic carbocycles. The number of piperidine rings is 1. The van der Waals surface area contributed by atoms with Gasteiger partial charge in [-0.1, -0.05) is 6.07 Å². The molecule has 120 valence electrons. The number of amides is 1. The third kappa shape index (κ3) is 3.67. The summed E-state index contributed by atoms with van der Waals surface area (Å²) in [7, 11) is 0. The first-order valence-corrected chi connectivity index (χ1v) is 8.81. The Morgan fingerprint density at radius 1 is 1.39 bits per heavy atom. The Morgan fingerprint density at radius 3 is 2.96 bits per heavy atom. The predicted molar refractivity (Wildman–Crippen MR) is 90.6 cm³/mol. The van der Waals surface area contributed by atoms with Crippen LogP contribution in [0.1, 0.15) is 53.0 Å². The van der Waals surface area contributed by atoms with E-state index in [4.69, 9.17) is 0 Å². The fourth-order valence-corrected chi connectivity index (χ4v) is 3.89. The van der Waals surface area contributed by atoms with Gasteiger partial charge in [0, 0.05) is 18.9 Å². The van der Waals surface area contributed by atoms with E-state index in [9.17, 15) is 9.59 Å². The normalized spacial score (nSPS) is 18.0. The number of hydrogen-bond donors (Lipinski definition) is 0. The average molecular weight is 328 g/mol. The molecule has 4 nitrogen and oxygen atoms in total. The maximum absolute atomic E-state index is 12.8. The summed E-state index contributed by atoms with van der Waals surface area (Å²) in [6.07, 6.45) is 7.14. The van der Waals surface area contributed by atoms with Crippen LogP contribution in [0.15, 0.2) is 36.0 Å². The highest BCUT2D eigenvalue weighted by atomic mass is 32.1. The van der Waals surface area contributed by atoms with E-state index in [0.29, 0.717) is 6.42 Å². The Hall–Kier alpha value is -2.01. The molecule has 1 amide bonds. The first kappa shape index (κ1) is 15.9. The van der Waals surface area contributed by atoms with E-state index in [-0.39, 0.29) is 17.7 Å². The van der Waals surface area contributed by atoms with Crippen molar-refractivity contribution in [1.29, 1.82) is 0 Å². The second-order valence-corrected chi connectivity index (χ2v) is 6.85. The number of carbonyl (C=O) groups is 2. The summed E-state index contributed by atoms with van der Waals surface area (Å²) >= 11 is 1.41. The highest BCUT2D eigenvalue weighted by molar-refractivity contribution is 7.12. The van der Waals surface area contributed by atoms with Crippen LogP contribution in [0, 0.1) is 0 Å². The first-order valence-electron chi connectivity index (χ1n) is 7.93. The zero-order valence-corrected chi connectivity index (χ0v) is 14.0. The first-order chi connectivity index (χ1) is 11.1. The molecule has 0 bridgehead atoms. The maximum Gasteiger partial charge on any atom is 0.227 e. The lowest BCUT2D eigenvalue weighted by molar-refractivity contribution is -0.134.